The van der Waals surface area contributed by atoms with Crippen LogP contribution < -0.4 is 10.6 Å². The Morgan fingerprint density at radius 3 is 2.70 bits per heavy atom. The van der Waals surface area contributed by atoms with Gasteiger partial charge in [-0.3, -0.25) is 4.79 Å². The van der Waals surface area contributed by atoms with Crippen molar-refractivity contribution >= 4 is 24.0 Å². The molecule has 0 radical (unpaired) electrons. The van der Waals surface area contributed by atoms with Gasteiger partial charge in [0.1, 0.15) is 0 Å². The maximum Gasteiger partial charge on any atom is 0.227 e. The topological polar surface area (TPSA) is 61.4 Å². The lowest BCUT2D eigenvalue weighted by Crippen LogP contribution is -2.40. The minimum absolute atomic E-state index is 0. The van der Waals surface area contributed by atoms with Crippen molar-refractivity contribution in [1.29, 1.82) is 0 Å². The highest BCUT2D eigenvalue weighted by molar-refractivity contribution is 5.92. The molecule has 1 aromatic carbocycles. The Morgan fingerprint density at radius 1 is 1.40 bits per heavy atom. The fourth-order valence-electron chi connectivity index (χ4n) is 2.50. The largest absolute Gasteiger partial charge is 0.396 e. The molecule has 0 unspecified atom stereocenters. The first-order chi connectivity index (χ1) is 9.19. The predicted octanol–water partition coefficient (Wildman–Crippen LogP) is 1.97. The Hall–Kier alpha value is -1.10. The van der Waals surface area contributed by atoms with Crippen molar-refractivity contribution in [3.8, 4) is 0 Å². The van der Waals surface area contributed by atoms with E-state index in [9.17, 15) is 4.79 Å². The van der Waals surface area contributed by atoms with Crippen molar-refractivity contribution in [3.63, 3.8) is 0 Å². The molecule has 1 amide bonds. The van der Waals surface area contributed by atoms with Crippen molar-refractivity contribution in [1.82, 2.24) is 5.32 Å². The van der Waals surface area contributed by atoms with E-state index in [4.69, 9.17) is 5.11 Å². The number of anilines is 1. The molecule has 112 valence electrons. The molecule has 3 N–H and O–H groups in total. The number of halogens is 1. The Labute approximate surface area is 126 Å². The summed E-state index contributed by atoms with van der Waals surface area (Å²) in [5.41, 5.74) is 1.91. The molecule has 1 aliphatic rings. The molecule has 1 saturated heterocycles. The molecule has 0 spiro atoms. The standard InChI is InChI=1S/C15H22N2O2.ClH/c1-11-10-13(6-8-16-11)15(19)17-14-4-2-12(3-5-14)7-9-18;/h2-5,11,13,16,18H,6-10H2,1H3,(H,17,19);1H/t11-,13-;/m0./s1. The lowest BCUT2D eigenvalue weighted by molar-refractivity contribution is -0.120. The molecule has 4 nitrogen and oxygen atoms in total. The Kier molecular flexibility index (Phi) is 6.99. The molecule has 2 rings (SSSR count). The number of rotatable bonds is 4. The van der Waals surface area contributed by atoms with E-state index >= 15 is 0 Å². The third kappa shape index (κ3) is 4.78. The number of benzene rings is 1. The minimum atomic E-state index is 0. The van der Waals surface area contributed by atoms with Crippen LogP contribution in [0.3, 0.4) is 0 Å². The number of hydrogen-bond donors (Lipinski definition) is 3. The molecule has 1 aliphatic heterocycles. The molecule has 5 heteroatoms. The van der Waals surface area contributed by atoms with Crippen LogP contribution >= 0.6 is 12.4 Å². The molecule has 1 aromatic rings. The zero-order valence-corrected chi connectivity index (χ0v) is 12.6. The second-order valence-electron chi connectivity index (χ2n) is 5.24. The van der Waals surface area contributed by atoms with Gasteiger partial charge in [-0.2, -0.15) is 0 Å². The summed E-state index contributed by atoms with van der Waals surface area (Å²) < 4.78 is 0. The lowest BCUT2D eigenvalue weighted by Gasteiger charge is -2.27. The maximum atomic E-state index is 12.1. The monoisotopic (exact) mass is 298 g/mol. The van der Waals surface area contributed by atoms with E-state index in [2.05, 4.69) is 17.6 Å². The second-order valence-corrected chi connectivity index (χ2v) is 5.24. The van der Waals surface area contributed by atoms with E-state index in [0.717, 1.165) is 30.6 Å². The van der Waals surface area contributed by atoms with Crippen molar-refractivity contribution in [2.24, 2.45) is 5.92 Å². The average molecular weight is 299 g/mol. The van der Waals surface area contributed by atoms with Gasteiger partial charge in [0.2, 0.25) is 5.91 Å². The number of hydrogen-bond acceptors (Lipinski definition) is 3. The number of carbonyl (C=O) groups is 1. The number of piperidine rings is 1. The zero-order valence-electron chi connectivity index (χ0n) is 11.8. The Morgan fingerprint density at radius 2 is 2.10 bits per heavy atom. The van der Waals surface area contributed by atoms with Crippen LogP contribution in [0.25, 0.3) is 0 Å². The molecular formula is C15H23ClN2O2. The van der Waals surface area contributed by atoms with Crippen molar-refractivity contribution in [3.05, 3.63) is 29.8 Å². The molecule has 1 heterocycles. The second kappa shape index (κ2) is 8.25. The van der Waals surface area contributed by atoms with Gasteiger partial charge < -0.3 is 15.7 Å². The van der Waals surface area contributed by atoms with Gasteiger partial charge in [0.05, 0.1) is 0 Å². The summed E-state index contributed by atoms with van der Waals surface area (Å²) in [5, 5.41) is 15.2. The first-order valence-corrected chi connectivity index (χ1v) is 6.93. The summed E-state index contributed by atoms with van der Waals surface area (Å²) in [4.78, 5) is 12.1. The zero-order chi connectivity index (χ0) is 13.7. The van der Waals surface area contributed by atoms with E-state index in [1.54, 1.807) is 0 Å². The quantitative estimate of drug-likeness (QED) is 0.796. The van der Waals surface area contributed by atoms with E-state index in [0.29, 0.717) is 12.5 Å². The van der Waals surface area contributed by atoms with E-state index in [1.165, 1.54) is 0 Å². The summed E-state index contributed by atoms with van der Waals surface area (Å²) in [6, 6.07) is 8.09. The van der Waals surface area contributed by atoms with Gasteiger partial charge in [-0.15, -0.1) is 12.4 Å². The summed E-state index contributed by atoms with van der Waals surface area (Å²) in [6.45, 7) is 3.18. The SMILES string of the molecule is C[C@H]1C[C@@H](C(=O)Nc2ccc(CCO)cc2)CCN1.Cl. The van der Waals surface area contributed by atoms with E-state index < -0.39 is 0 Å². The molecular weight excluding hydrogens is 276 g/mol. The first-order valence-electron chi connectivity index (χ1n) is 6.93. The Balaban J connectivity index is 0.00000200. The van der Waals surface area contributed by atoms with Crippen molar-refractivity contribution < 1.29 is 9.90 Å². The van der Waals surface area contributed by atoms with Gasteiger partial charge in [0.25, 0.3) is 0 Å². The van der Waals surface area contributed by atoms with Crippen LogP contribution in [-0.4, -0.2) is 30.2 Å². The Bertz CT molecular complexity index is 422. The molecule has 0 bridgehead atoms. The van der Waals surface area contributed by atoms with E-state index in [1.807, 2.05) is 24.3 Å². The smallest absolute Gasteiger partial charge is 0.227 e. The highest BCUT2D eigenvalue weighted by atomic mass is 35.5. The summed E-state index contributed by atoms with van der Waals surface area (Å²) in [5.74, 6) is 0.219. The molecule has 0 aliphatic carbocycles. The van der Waals surface area contributed by atoms with Crippen molar-refractivity contribution in [2.75, 3.05) is 18.5 Å². The molecule has 0 saturated carbocycles. The third-order valence-corrected chi connectivity index (χ3v) is 3.62. The van der Waals surface area contributed by atoms with Gasteiger partial charge in [0, 0.05) is 24.3 Å². The van der Waals surface area contributed by atoms with Crippen LogP contribution in [0.4, 0.5) is 5.69 Å². The van der Waals surface area contributed by atoms with Gasteiger partial charge in [-0.25, -0.2) is 0 Å². The van der Waals surface area contributed by atoms with Crippen LogP contribution in [0.5, 0.6) is 0 Å². The number of carbonyl (C=O) groups excluding carboxylic acids is 1. The number of nitrogens with one attached hydrogen (secondary N) is 2. The van der Waals surface area contributed by atoms with Crippen LogP contribution in [-0.2, 0) is 11.2 Å². The van der Waals surface area contributed by atoms with Crippen LogP contribution in [0, 0.1) is 5.92 Å². The fraction of sp³-hybridized carbons (Fsp3) is 0.533. The maximum absolute atomic E-state index is 12.1. The fourth-order valence-corrected chi connectivity index (χ4v) is 2.50. The molecule has 20 heavy (non-hydrogen) atoms. The van der Waals surface area contributed by atoms with Crippen LogP contribution in [0.1, 0.15) is 25.3 Å². The number of amides is 1. The summed E-state index contributed by atoms with van der Waals surface area (Å²) in [7, 11) is 0. The van der Waals surface area contributed by atoms with Gasteiger partial charge in [-0.1, -0.05) is 12.1 Å². The van der Waals surface area contributed by atoms with Crippen LogP contribution in [0.2, 0.25) is 0 Å². The van der Waals surface area contributed by atoms with Gasteiger partial charge >= 0.3 is 0 Å². The van der Waals surface area contributed by atoms with Crippen molar-refractivity contribution in [2.45, 2.75) is 32.2 Å². The highest BCUT2D eigenvalue weighted by Crippen LogP contribution is 2.19. The van der Waals surface area contributed by atoms with Crippen LogP contribution in [0.15, 0.2) is 24.3 Å². The average Bonchev–Trinajstić information content (AvgIpc) is 2.41. The highest BCUT2D eigenvalue weighted by Gasteiger charge is 2.24. The first kappa shape index (κ1) is 17.0. The normalized spacial score (nSPS) is 21.9. The number of aliphatic hydroxyl groups excluding tert-OH is 1. The third-order valence-electron chi connectivity index (χ3n) is 3.62. The summed E-state index contributed by atoms with van der Waals surface area (Å²) in [6.07, 6.45) is 2.45. The van der Waals surface area contributed by atoms with Gasteiger partial charge in [0.15, 0.2) is 0 Å². The molecule has 1 fully saturated rings. The van der Waals surface area contributed by atoms with Gasteiger partial charge in [-0.05, 0) is 50.4 Å². The van der Waals surface area contributed by atoms with E-state index in [-0.39, 0.29) is 30.8 Å². The lowest BCUT2D eigenvalue weighted by atomic mass is 9.92. The minimum Gasteiger partial charge on any atom is -0.396 e. The number of aliphatic hydroxyl groups is 1. The summed E-state index contributed by atoms with van der Waals surface area (Å²) >= 11 is 0. The predicted molar refractivity (Wildman–Crippen MR) is 83.3 cm³/mol. The molecule has 2 atom stereocenters. The molecule has 0 aromatic heterocycles.